The summed E-state index contributed by atoms with van der Waals surface area (Å²) in [5, 5.41) is 11.4. The second kappa shape index (κ2) is 7.49. The van der Waals surface area contributed by atoms with Crippen LogP contribution in [0.3, 0.4) is 0 Å². The third-order valence-corrected chi connectivity index (χ3v) is 3.72. The minimum absolute atomic E-state index is 0.0387. The number of nitrogens with one attached hydrogen (secondary N) is 1. The van der Waals surface area contributed by atoms with E-state index in [0.717, 1.165) is 5.69 Å². The number of urea groups is 1. The number of hydrogen-bond acceptors (Lipinski definition) is 4. The van der Waals surface area contributed by atoms with E-state index < -0.39 is 0 Å². The van der Waals surface area contributed by atoms with Gasteiger partial charge < -0.3 is 19.9 Å². The number of hydrogen-bond donors (Lipinski definition) is 1. The number of benzene rings is 1. The molecule has 3 amide bonds. The number of carbonyl (C=O) groups is 2. The molecule has 122 valence electrons. The molecule has 1 aliphatic rings. The van der Waals surface area contributed by atoms with Gasteiger partial charge in [-0.15, -0.1) is 0 Å². The molecule has 2 rings (SSSR count). The second-order valence-electron chi connectivity index (χ2n) is 5.39. The highest BCUT2D eigenvalue weighted by Crippen LogP contribution is 2.25. The first-order valence-electron chi connectivity index (χ1n) is 7.38. The molecule has 0 bridgehead atoms. The number of anilines is 1. The lowest BCUT2D eigenvalue weighted by Crippen LogP contribution is -2.44. The topological polar surface area (TPSA) is 85.7 Å². The Morgan fingerprint density at radius 3 is 3.04 bits per heavy atom. The van der Waals surface area contributed by atoms with Crippen molar-refractivity contribution in [2.75, 3.05) is 32.1 Å². The number of amides is 3. The molecule has 0 aliphatic carbocycles. The van der Waals surface area contributed by atoms with Crippen molar-refractivity contribution in [2.45, 2.75) is 18.9 Å². The number of nitrogens with zero attached hydrogens (tertiary/aromatic N) is 3. The molecule has 23 heavy (non-hydrogen) atoms. The summed E-state index contributed by atoms with van der Waals surface area (Å²) in [4.78, 5) is 27.3. The standard InChI is InChI=1S/C16H20N4O3/c1-19(8-4-7-17)16(22)18-12-9-15(21)20(11-12)13-5-3-6-14(10-13)23-2/h3,5-6,10,12H,4,8-9,11H2,1-2H3,(H,18,22). The summed E-state index contributed by atoms with van der Waals surface area (Å²) in [6.45, 7) is 0.784. The maximum absolute atomic E-state index is 12.2. The summed E-state index contributed by atoms with van der Waals surface area (Å²) >= 11 is 0. The van der Waals surface area contributed by atoms with Crippen molar-refractivity contribution in [1.29, 1.82) is 5.26 Å². The van der Waals surface area contributed by atoms with E-state index in [0.29, 0.717) is 18.8 Å². The lowest BCUT2D eigenvalue weighted by molar-refractivity contribution is -0.117. The summed E-state index contributed by atoms with van der Waals surface area (Å²) in [6, 6.07) is 8.75. The fraction of sp³-hybridized carbons (Fsp3) is 0.438. The van der Waals surface area contributed by atoms with Gasteiger partial charge in [0.1, 0.15) is 5.75 Å². The van der Waals surface area contributed by atoms with Crippen LogP contribution in [0, 0.1) is 11.3 Å². The molecule has 1 aromatic carbocycles. The SMILES string of the molecule is COc1cccc(N2CC(NC(=O)N(C)CCC#N)CC2=O)c1. The van der Waals surface area contributed by atoms with Crippen LogP contribution in [-0.4, -0.2) is 50.1 Å². The molecule has 0 spiro atoms. The number of ether oxygens (including phenoxy) is 1. The molecule has 1 saturated heterocycles. The quantitative estimate of drug-likeness (QED) is 0.888. The highest BCUT2D eigenvalue weighted by molar-refractivity contribution is 5.97. The fourth-order valence-corrected chi connectivity index (χ4v) is 2.44. The molecule has 1 N–H and O–H groups in total. The van der Waals surface area contributed by atoms with Gasteiger partial charge in [0.15, 0.2) is 0 Å². The van der Waals surface area contributed by atoms with Crippen molar-refractivity contribution in [2.24, 2.45) is 0 Å². The third-order valence-electron chi connectivity index (χ3n) is 3.72. The molecule has 1 unspecified atom stereocenters. The van der Waals surface area contributed by atoms with Crippen LogP contribution in [0.4, 0.5) is 10.5 Å². The Labute approximate surface area is 135 Å². The summed E-state index contributed by atoms with van der Waals surface area (Å²) < 4.78 is 5.17. The van der Waals surface area contributed by atoms with Crippen LogP contribution in [0.25, 0.3) is 0 Å². The first-order valence-corrected chi connectivity index (χ1v) is 7.38. The van der Waals surface area contributed by atoms with E-state index in [1.165, 1.54) is 4.90 Å². The zero-order valence-corrected chi connectivity index (χ0v) is 13.3. The Morgan fingerprint density at radius 2 is 2.35 bits per heavy atom. The van der Waals surface area contributed by atoms with Gasteiger partial charge in [-0.1, -0.05) is 6.07 Å². The fourth-order valence-electron chi connectivity index (χ4n) is 2.44. The van der Waals surface area contributed by atoms with Gasteiger partial charge in [-0.05, 0) is 12.1 Å². The van der Waals surface area contributed by atoms with Gasteiger partial charge in [0.05, 0.1) is 25.6 Å². The molecule has 1 aromatic rings. The molecular weight excluding hydrogens is 296 g/mol. The smallest absolute Gasteiger partial charge is 0.317 e. The van der Waals surface area contributed by atoms with E-state index in [2.05, 4.69) is 5.32 Å². The van der Waals surface area contributed by atoms with Crippen LogP contribution in [0.1, 0.15) is 12.8 Å². The lowest BCUT2D eigenvalue weighted by atomic mass is 10.2. The molecular formula is C16H20N4O3. The van der Waals surface area contributed by atoms with E-state index in [1.807, 2.05) is 24.3 Å². The first-order chi connectivity index (χ1) is 11.0. The van der Waals surface area contributed by atoms with E-state index in [9.17, 15) is 9.59 Å². The van der Waals surface area contributed by atoms with Gasteiger partial charge in [0.2, 0.25) is 5.91 Å². The molecule has 0 radical (unpaired) electrons. The van der Waals surface area contributed by atoms with Crippen molar-refractivity contribution in [1.82, 2.24) is 10.2 Å². The van der Waals surface area contributed by atoms with Crippen LogP contribution >= 0.6 is 0 Å². The minimum atomic E-state index is -0.273. The van der Waals surface area contributed by atoms with Crippen molar-refractivity contribution >= 4 is 17.6 Å². The predicted octanol–water partition coefficient (Wildman–Crippen LogP) is 1.36. The Kier molecular flexibility index (Phi) is 5.41. The number of carbonyl (C=O) groups excluding carboxylic acids is 2. The Bertz CT molecular complexity index is 626. The molecule has 0 aromatic heterocycles. The third kappa shape index (κ3) is 4.13. The molecule has 1 fully saturated rings. The molecule has 1 heterocycles. The maximum atomic E-state index is 12.2. The predicted molar refractivity (Wildman–Crippen MR) is 85.1 cm³/mol. The van der Waals surface area contributed by atoms with Gasteiger partial charge in [-0.25, -0.2) is 4.79 Å². The summed E-state index contributed by atoms with van der Waals surface area (Å²) in [5.74, 6) is 0.641. The van der Waals surface area contributed by atoms with Gasteiger partial charge in [0, 0.05) is 38.3 Å². The van der Waals surface area contributed by atoms with E-state index >= 15 is 0 Å². The lowest BCUT2D eigenvalue weighted by Gasteiger charge is -2.21. The highest BCUT2D eigenvalue weighted by Gasteiger charge is 2.32. The second-order valence-corrected chi connectivity index (χ2v) is 5.39. The Morgan fingerprint density at radius 1 is 1.57 bits per heavy atom. The van der Waals surface area contributed by atoms with Crippen LogP contribution in [0.2, 0.25) is 0 Å². The molecule has 0 saturated carbocycles. The van der Waals surface area contributed by atoms with Crippen LogP contribution in [0.5, 0.6) is 5.75 Å². The van der Waals surface area contributed by atoms with E-state index in [1.54, 1.807) is 25.1 Å². The molecule has 1 atom stereocenters. The summed E-state index contributed by atoms with van der Waals surface area (Å²) in [6.07, 6.45) is 0.540. The highest BCUT2D eigenvalue weighted by atomic mass is 16.5. The van der Waals surface area contributed by atoms with Gasteiger partial charge in [-0.3, -0.25) is 4.79 Å². The van der Waals surface area contributed by atoms with Crippen molar-refractivity contribution in [3.05, 3.63) is 24.3 Å². The molecule has 1 aliphatic heterocycles. The first kappa shape index (κ1) is 16.6. The van der Waals surface area contributed by atoms with Crippen LogP contribution in [0.15, 0.2) is 24.3 Å². The van der Waals surface area contributed by atoms with Crippen molar-refractivity contribution in [3.8, 4) is 11.8 Å². The number of methoxy groups -OCH3 is 1. The van der Waals surface area contributed by atoms with Crippen LogP contribution in [-0.2, 0) is 4.79 Å². The summed E-state index contributed by atoms with van der Waals surface area (Å²) in [7, 11) is 3.20. The van der Waals surface area contributed by atoms with Crippen LogP contribution < -0.4 is 15.0 Å². The molecule has 7 nitrogen and oxygen atoms in total. The van der Waals surface area contributed by atoms with E-state index in [-0.39, 0.29) is 30.8 Å². The average molecular weight is 316 g/mol. The molecule has 7 heteroatoms. The maximum Gasteiger partial charge on any atom is 0.317 e. The monoisotopic (exact) mass is 316 g/mol. The zero-order chi connectivity index (χ0) is 16.8. The largest absolute Gasteiger partial charge is 0.497 e. The summed E-state index contributed by atoms with van der Waals surface area (Å²) in [5.41, 5.74) is 0.754. The Hall–Kier alpha value is -2.75. The Balaban J connectivity index is 1.97. The van der Waals surface area contributed by atoms with Gasteiger partial charge >= 0.3 is 6.03 Å². The average Bonchev–Trinajstić information content (AvgIpc) is 2.92. The number of nitriles is 1. The zero-order valence-electron chi connectivity index (χ0n) is 13.3. The van der Waals surface area contributed by atoms with Crippen molar-refractivity contribution in [3.63, 3.8) is 0 Å². The minimum Gasteiger partial charge on any atom is -0.497 e. The number of rotatable bonds is 5. The van der Waals surface area contributed by atoms with Crippen molar-refractivity contribution < 1.29 is 14.3 Å². The van der Waals surface area contributed by atoms with Gasteiger partial charge in [0.25, 0.3) is 0 Å². The van der Waals surface area contributed by atoms with E-state index in [4.69, 9.17) is 10.00 Å². The normalized spacial score (nSPS) is 16.8. The van der Waals surface area contributed by atoms with Gasteiger partial charge in [-0.2, -0.15) is 5.26 Å².